The third kappa shape index (κ3) is 4.54. The van der Waals surface area contributed by atoms with Crippen LogP contribution in [0.1, 0.15) is 35.1 Å². The molecule has 1 amide bonds. The molecule has 0 aromatic carbocycles. The zero-order valence-corrected chi connectivity index (χ0v) is 15.2. The van der Waals surface area contributed by atoms with Gasteiger partial charge in [0.05, 0.1) is 19.3 Å². The maximum atomic E-state index is 12.9. The maximum absolute atomic E-state index is 12.9. The van der Waals surface area contributed by atoms with Crippen molar-refractivity contribution in [2.45, 2.75) is 32.8 Å². The summed E-state index contributed by atoms with van der Waals surface area (Å²) < 4.78 is 11.3. The summed E-state index contributed by atoms with van der Waals surface area (Å²) in [6.45, 7) is 5.96. The first-order valence-corrected chi connectivity index (χ1v) is 8.93. The minimum atomic E-state index is -0.0623. The van der Waals surface area contributed by atoms with Gasteiger partial charge in [-0.2, -0.15) is 0 Å². The average Bonchev–Trinajstić information content (AvgIpc) is 2.67. The first-order valence-electron chi connectivity index (χ1n) is 8.93. The average molecular weight is 356 g/mol. The van der Waals surface area contributed by atoms with Gasteiger partial charge in [-0.1, -0.05) is 0 Å². The Morgan fingerprint density at radius 3 is 3.08 bits per heavy atom. The van der Waals surface area contributed by atoms with Crippen LogP contribution in [0, 0.1) is 6.92 Å². The number of hydrogen-bond acceptors (Lipinski definition) is 6. The zero-order chi connectivity index (χ0) is 18.4. The van der Waals surface area contributed by atoms with Crippen molar-refractivity contribution in [2.75, 3.05) is 26.3 Å². The molecule has 0 N–H and O–H groups in total. The van der Waals surface area contributed by atoms with Gasteiger partial charge in [0.1, 0.15) is 11.9 Å². The lowest BCUT2D eigenvalue weighted by Crippen LogP contribution is -2.45. The number of amides is 1. The number of morpholine rings is 1. The topological polar surface area (TPSA) is 77.4 Å². The molecule has 1 unspecified atom stereocenters. The van der Waals surface area contributed by atoms with Crippen molar-refractivity contribution < 1.29 is 14.3 Å². The Hall–Kier alpha value is -2.54. The van der Waals surface area contributed by atoms with Crippen LogP contribution < -0.4 is 4.74 Å². The highest BCUT2D eigenvalue weighted by Crippen LogP contribution is 2.20. The molecule has 0 bridgehead atoms. The summed E-state index contributed by atoms with van der Waals surface area (Å²) in [6.07, 6.45) is 4.82. The van der Waals surface area contributed by atoms with Gasteiger partial charge in [0.15, 0.2) is 0 Å². The molecule has 0 spiro atoms. The van der Waals surface area contributed by atoms with Crippen LogP contribution in [0.15, 0.2) is 30.7 Å². The van der Waals surface area contributed by atoms with Gasteiger partial charge >= 0.3 is 0 Å². The largest absolute Gasteiger partial charge is 0.477 e. The lowest BCUT2D eigenvalue weighted by atomic mass is 10.1. The molecule has 1 fully saturated rings. The molecule has 3 rings (SSSR count). The summed E-state index contributed by atoms with van der Waals surface area (Å²) in [5.41, 5.74) is 2.45. The van der Waals surface area contributed by atoms with E-state index in [-0.39, 0.29) is 12.0 Å². The van der Waals surface area contributed by atoms with Crippen LogP contribution in [-0.2, 0) is 11.2 Å². The summed E-state index contributed by atoms with van der Waals surface area (Å²) >= 11 is 0. The van der Waals surface area contributed by atoms with Crippen molar-refractivity contribution in [1.82, 2.24) is 19.9 Å². The van der Waals surface area contributed by atoms with E-state index in [9.17, 15) is 4.79 Å². The summed E-state index contributed by atoms with van der Waals surface area (Å²) in [5, 5.41) is 0. The maximum Gasteiger partial charge on any atom is 0.259 e. The smallest absolute Gasteiger partial charge is 0.259 e. The van der Waals surface area contributed by atoms with Gasteiger partial charge in [-0.25, -0.2) is 15.0 Å². The van der Waals surface area contributed by atoms with E-state index in [0.29, 0.717) is 37.7 Å². The number of carbonyl (C=O) groups excluding carboxylic acids is 1. The molecular formula is C19H24N4O3. The lowest BCUT2D eigenvalue weighted by molar-refractivity contribution is -0.0248. The summed E-state index contributed by atoms with van der Waals surface area (Å²) in [7, 11) is 0. The van der Waals surface area contributed by atoms with Gasteiger partial charge in [0, 0.05) is 30.7 Å². The Kier molecular flexibility index (Phi) is 6.12. The molecule has 138 valence electrons. The molecule has 2 aromatic rings. The Labute approximate surface area is 153 Å². The molecule has 0 aliphatic carbocycles. The molecule has 1 saturated heterocycles. The summed E-state index contributed by atoms with van der Waals surface area (Å²) in [4.78, 5) is 27.3. The number of hydrogen-bond donors (Lipinski definition) is 0. The van der Waals surface area contributed by atoms with E-state index in [2.05, 4.69) is 15.0 Å². The van der Waals surface area contributed by atoms with E-state index in [0.717, 1.165) is 24.2 Å². The number of aromatic nitrogens is 3. The van der Waals surface area contributed by atoms with Gasteiger partial charge in [0.25, 0.3) is 5.91 Å². The van der Waals surface area contributed by atoms with Crippen LogP contribution in [0.2, 0.25) is 0 Å². The Balaban J connectivity index is 1.62. The van der Waals surface area contributed by atoms with E-state index in [1.165, 1.54) is 0 Å². The molecule has 1 atom stereocenters. The lowest BCUT2D eigenvalue weighted by Gasteiger charge is -2.33. The van der Waals surface area contributed by atoms with Crippen LogP contribution >= 0.6 is 0 Å². The number of ether oxygens (including phenoxy) is 2. The number of pyridine rings is 1. The summed E-state index contributed by atoms with van der Waals surface area (Å²) in [6, 6.07) is 5.50. The summed E-state index contributed by atoms with van der Waals surface area (Å²) in [5.74, 6) is 0.326. The van der Waals surface area contributed by atoms with Crippen molar-refractivity contribution in [3.05, 3.63) is 47.7 Å². The van der Waals surface area contributed by atoms with Gasteiger partial charge < -0.3 is 14.4 Å². The highest BCUT2D eigenvalue weighted by atomic mass is 16.5. The number of aryl methyl sites for hydroxylation is 2. The second kappa shape index (κ2) is 8.71. The minimum Gasteiger partial charge on any atom is -0.477 e. The Morgan fingerprint density at radius 2 is 2.27 bits per heavy atom. The predicted octanol–water partition coefficient (Wildman–Crippen LogP) is 2.05. The van der Waals surface area contributed by atoms with Crippen molar-refractivity contribution in [1.29, 1.82) is 0 Å². The highest BCUT2D eigenvalue weighted by molar-refractivity contribution is 5.96. The second-order valence-electron chi connectivity index (χ2n) is 6.22. The van der Waals surface area contributed by atoms with E-state index in [1.807, 2.05) is 24.8 Å². The van der Waals surface area contributed by atoms with Crippen molar-refractivity contribution in [3.63, 3.8) is 0 Å². The number of rotatable bonds is 6. The Bertz CT molecular complexity index is 753. The highest BCUT2D eigenvalue weighted by Gasteiger charge is 2.27. The SMILES string of the molecule is CCOc1ncccc1C(=O)N1CCOC(CCc2cc(C)ncn2)C1. The molecule has 0 radical (unpaired) electrons. The van der Waals surface area contributed by atoms with Crippen LogP contribution in [0.3, 0.4) is 0 Å². The molecule has 1 aliphatic heterocycles. The molecule has 26 heavy (non-hydrogen) atoms. The van der Waals surface area contributed by atoms with Crippen molar-refractivity contribution in [2.24, 2.45) is 0 Å². The second-order valence-corrected chi connectivity index (χ2v) is 6.22. The third-order valence-corrected chi connectivity index (χ3v) is 4.29. The zero-order valence-electron chi connectivity index (χ0n) is 15.2. The Morgan fingerprint density at radius 1 is 1.38 bits per heavy atom. The predicted molar refractivity (Wildman–Crippen MR) is 96.1 cm³/mol. The third-order valence-electron chi connectivity index (χ3n) is 4.29. The monoisotopic (exact) mass is 356 g/mol. The van der Waals surface area contributed by atoms with Gasteiger partial charge in [0.2, 0.25) is 5.88 Å². The van der Waals surface area contributed by atoms with Crippen LogP contribution in [0.25, 0.3) is 0 Å². The molecular weight excluding hydrogens is 332 g/mol. The molecule has 7 nitrogen and oxygen atoms in total. The molecule has 2 aromatic heterocycles. The number of carbonyl (C=O) groups is 1. The van der Waals surface area contributed by atoms with E-state index in [4.69, 9.17) is 9.47 Å². The minimum absolute atomic E-state index is 0.00446. The fourth-order valence-electron chi connectivity index (χ4n) is 3.01. The molecule has 0 saturated carbocycles. The van der Waals surface area contributed by atoms with Crippen LogP contribution in [-0.4, -0.2) is 58.2 Å². The van der Waals surface area contributed by atoms with E-state index < -0.39 is 0 Å². The van der Waals surface area contributed by atoms with E-state index >= 15 is 0 Å². The normalized spacial score (nSPS) is 17.2. The molecule has 3 heterocycles. The van der Waals surface area contributed by atoms with Gasteiger partial charge in [-0.05, 0) is 44.9 Å². The van der Waals surface area contributed by atoms with Gasteiger partial charge in [-0.15, -0.1) is 0 Å². The van der Waals surface area contributed by atoms with Crippen LogP contribution in [0.4, 0.5) is 0 Å². The van der Waals surface area contributed by atoms with Crippen molar-refractivity contribution in [3.8, 4) is 5.88 Å². The first-order chi connectivity index (χ1) is 12.7. The fourth-order valence-corrected chi connectivity index (χ4v) is 3.01. The van der Waals surface area contributed by atoms with Gasteiger partial charge in [-0.3, -0.25) is 4.79 Å². The molecule has 7 heteroatoms. The fraction of sp³-hybridized carbons (Fsp3) is 0.474. The van der Waals surface area contributed by atoms with E-state index in [1.54, 1.807) is 24.7 Å². The van der Waals surface area contributed by atoms with Crippen molar-refractivity contribution >= 4 is 5.91 Å². The van der Waals surface area contributed by atoms with Crippen LogP contribution in [0.5, 0.6) is 5.88 Å². The first kappa shape index (κ1) is 18.3. The molecule has 1 aliphatic rings. The standard InChI is InChI=1S/C19H24N4O3/c1-3-25-18-17(5-4-8-20-18)19(24)23-9-10-26-16(12-23)7-6-15-11-14(2)21-13-22-15/h4-5,8,11,13,16H,3,6-7,9-10,12H2,1-2H3. The quantitative estimate of drug-likeness (QED) is 0.788. The number of nitrogens with zero attached hydrogens (tertiary/aromatic N) is 4.